The summed E-state index contributed by atoms with van der Waals surface area (Å²) in [5.41, 5.74) is -3.07. The summed E-state index contributed by atoms with van der Waals surface area (Å²) in [6.45, 7) is 6.26. The molecule has 3 nitrogen and oxygen atoms in total. The van der Waals surface area contributed by atoms with Crippen molar-refractivity contribution in [1.82, 2.24) is 4.98 Å². The molecular formula is C12H16BrF3N2O. The molecule has 1 aromatic rings. The van der Waals surface area contributed by atoms with Crippen LogP contribution >= 0.6 is 15.9 Å². The predicted molar refractivity (Wildman–Crippen MR) is 70.9 cm³/mol. The van der Waals surface area contributed by atoms with E-state index in [0.717, 1.165) is 6.07 Å². The van der Waals surface area contributed by atoms with Gasteiger partial charge in [0.05, 0.1) is 16.7 Å². The van der Waals surface area contributed by atoms with Gasteiger partial charge < -0.3 is 10.4 Å². The van der Waals surface area contributed by atoms with Gasteiger partial charge in [0.15, 0.2) is 0 Å². The number of aliphatic hydroxyl groups is 1. The van der Waals surface area contributed by atoms with Crippen LogP contribution in [0.1, 0.15) is 33.3 Å². The highest BCUT2D eigenvalue weighted by Crippen LogP contribution is 2.37. The number of aromatic nitrogens is 1. The minimum Gasteiger partial charge on any atom is -0.388 e. The second-order valence-corrected chi connectivity index (χ2v) is 6.27. The maximum Gasteiger partial charge on any atom is 0.419 e. The first-order valence-corrected chi connectivity index (χ1v) is 6.37. The van der Waals surface area contributed by atoms with Crippen LogP contribution in [0.3, 0.4) is 0 Å². The Labute approximate surface area is 118 Å². The molecule has 19 heavy (non-hydrogen) atoms. The summed E-state index contributed by atoms with van der Waals surface area (Å²) in [6, 6.07) is 0.954. The van der Waals surface area contributed by atoms with E-state index < -0.39 is 22.9 Å². The summed E-state index contributed by atoms with van der Waals surface area (Å²) < 4.78 is 39.1. The average molecular weight is 341 g/mol. The van der Waals surface area contributed by atoms with Gasteiger partial charge in [-0.1, -0.05) is 0 Å². The highest BCUT2D eigenvalue weighted by Gasteiger charge is 2.40. The van der Waals surface area contributed by atoms with Crippen molar-refractivity contribution in [3.63, 3.8) is 0 Å². The first-order valence-electron chi connectivity index (χ1n) is 5.58. The monoisotopic (exact) mass is 340 g/mol. The summed E-state index contributed by atoms with van der Waals surface area (Å²) >= 11 is 2.97. The van der Waals surface area contributed by atoms with E-state index in [4.69, 9.17) is 0 Å². The molecule has 1 rings (SSSR count). The van der Waals surface area contributed by atoms with Crippen LogP contribution in [0, 0.1) is 0 Å². The van der Waals surface area contributed by atoms with Crippen LogP contribution in [0.5, 0.6) is 0 Å². The standard InChI is InChI=1S/C12H16BrF3N2O/c1-10(2,11(3,4)19)18-9-8(12(14,15)16)5-7(13)6-17-9/h5-6,19H,1-4H3,(H,17,18). The van der Waals surface area contributed by atoms with Gasteiger partial charge in [0.25, 0.3) is 0 Å². The molecule has 0 amide bonds. The Morgan fingerprint density at radius 3 is 2.16 bits per heavy atom. The van der Waals surface area contributed by atoms with Gasteiger partial charge in [-0.2, -0.15) is 13.2 Å². The Morgan fingerprint density at radius 1 is 1.21 bits per heavy atom. The Balaban J connectivity index is 3.23. The zero-order chi connectivity index (χ0) is 15.1. The topological polar surface area (TPSA) is 45.1 Å². The fraction of sp³-hybridized carbons (Fsp3) is 0.583. The third-order valence-electron chi connectivity index (χ3n) is 3.12. The number of nitrogens with zero attached hydrogens (tertiary/aromatic N) is 1. The third-order valence-corrected chi connectivity index (χ3v) is 3.55. The van der Waals surface area contributed by atoms with Crippen molar-refractivity contribution in [2.24, 2.45) is 0 Å². The van der Waals surface area contributed by atoms with E-state index in [0.29, 0.717) is 0 Å². The van der Waals surface area contributed by atoms with E-state index in [-0.39, 0.29) is 10.3 Å². The van der Waals surface area contributed by atoms with Crippen molar-refractivity contribution in [2.75, 3.05) is 5.32 Å². The molecule has 0 unspecified atom stereocenters. The first-order chi connectivity index (χ1) is 8.34. The molecule has 0 aliphatic heterocycles. The summed E-state index contributed by atoms with van der Waals surface area (Å²) in [7, 11) is 0. The van der Waals surface area contributed by atoms with Crippen molar-refractivity contribution >= 4 is 21.7 Å². The largest absolute Gasteiger partial charge is 0.419 e. The van der Waals surface area contributed by atoms with Crippen molar-refractivity contribution in [2.45, 2.75) is 45.0 Å². The number of hydrogen-bond donors (Lipinski definition) is 2. The van der Waals surface area contributed by atoms with Crippen LogP contribution in [0.2, 0.25) is 0 Å². The average Bonchev–Trinajstić information content (AvgIpc) is 2.17. The number of anilines is 1. The van der Waals surface area contributed by atoms with E-state index in [2.05, 4.69) is 26.2 Å². The van der Waals surface area contributed by atoms with Gasteiger partial charge in [-0.15, -0.1) is 0 Å². The smallest absolute Gasteiger partial charge is 0.388 e. The van der Waals surface area contributed by atoms with Gasteiger partial charge in [0.2, 0.25) is 0 Å². The van der Waals surface area contributed by atoms with Crippen molar-refractivity contribution in [3.05, 3.63) is 22.3 Å². The lowest BCUT2D eigenvalue weighted by atomic mass is 9.86. The predicted octanol–water partition coefficient (Wildman–Crippen LogP) is 3.82. The van der Waals surface area contributed by atoms with Crippen LogP contribution in [-0.4, -0.2) is 21.2 Å². The maximum absolute atomic E-state index is 12.9. The lowest BCUT2D eigenvalue weighted by Gasteiger charge is -2.39. The molecule has 0 aromatic carbocycles. The highest BCUT2D eigenvalue weighted by atomic mass is 79.9. The number of nitrogens with one attached hydrogen (secondary N) is 1. The molecular weight excluding hydrogens is 325 g/mol. The number of hydrogen-bond acceptors (Lipinski definition) is 3. The summed E-state index contributed by atoms with van der Waals surface area (Å²) in [6.07, 6.45) is -3.24. The zero-order valence-electron chi connectivity index (χ0n) is 11.1. The Morgan fingerprint density at radius 2 is 1.74 bits per heavy atom. The second-order valence-electron chi connectivity index (χ2n) is 5.36. The summed E-state index contributed by atoms with van der Waals surface area (Å²) in [5.74, 6) is -0.303. The lowest BCUT2D eigenvalue weighted by Crippen LogP contribution is -2.51. The molecule has 0 saturated heterocycles. The molecule has 0 radical (unpaired) electrons. The molecule has 0 spiro atoms. The molecule has 0 atom stereocenters. The third kappa shape index (κ3) is 3.82. The van der Waals surface area contributed by atoms with Gasteiger partial charge in [-0.05, 0) is 49.7 Å². The van der Waals surface area contributed by atoms with E-state index in [1.54, 1.807) is 13.8 Å². The van der Waals surface area contributed by atoms with Crippen molar-refractivity contribution < 1.29 is 18.3 Å². The van der Waals surface area contributed by atoms with Gasteiger partial charge in [0.1, 0.15) is 5.82 Å². The SMILES string of the molecule is CC(C)(O)C(C)(C)Nc1ncc(Br)cc1C(F)(F)F. The number of rotatable bonds is 3. The van der Waals surface area contributed by atoms with Gasteiger partial charge in [0, 0.05) is 10.7 Å². The van der Waals surface area contributed by atoms with Crippen molar-refractivity contribution in [3.8, 4) is 0 Å². The molecule has 0 aliphatic carbocycles. The molecule has 1 heterocycles. The molecule has 108 valence electrons. The van der Waals surface area contributed by atoms with Crippen molar-refractivity contribution in [1.29, 1.82) is 0 Å². The second kappa shape index (κ2) is 4.94. The van der Waals surface area contributed by atoms with E-state index in [1.807, 2.05) is 0 Å². The summed E-state index contributed by atoms with van der Waals surface area (Å²) in [4.78, 5) is 3.75. The van der Waals surface area contributed by atoms with Crippen LogP contribution in [-0.2, 0) is 6.18 Å². The van der Waals surface area contributed by atoms with E-state index in [9.17, 15) is 18.3 Å². The Bertz CT molecular complexity index is 467. The van der Waals surface area contributed by atoms with Gasteiger partial charge >= 0.3 is 6.18 Å². The number of pyridine rings is 1. The molecule has 2 N–H and O–H groups in total. The maximum atomic E-state index is 12.9. The fourth-order valence-corrected chi connectivity index (χ4v) is 1.54. The Hall–Kier alpha value is -0.820. The van der Waals surface area contributed by atoms with Crippen LogP contribution < -0.4 is 5.32 Å². The molecule has 7 heteroatoms. The normalized spacial score (nSPS) is 13.5. The van der Waals surface area contributed by atoms with E-state index in [1.165, 1.54) is 20.0 Å². The minimum absolute atomic E-state index is 0.242. The van der Waals surface area contributed by atoms with Crippen LogP contribution in [0.25, 0.3) is 0 Å². The van der Waals surface area contributed by atoms with Gasteiger partial charge in [-0.3, -0.25) is 0 Å². The zero-order valence-corrected chi connectivity index (χ0v) is 12.6. The molecule has 0 aliphatic rings. The van der Waals surface area contributed by atoms with Crippen LogP contribution in [0.15, 0.2) is 16.7 Å². The lowest BCUT2D eigenvalue weighted by molar-refractivity contribution is -0.137. The number of alkyl halides is 3. The molecule has 0 bridgehead atoms. The van der Waals surface area contributed by atoms with Gasteiger partial charge in [-0.25, -0.2) is 4.98 Å². The Kier molecular flexibility index (Phi) is 4.22. The molecule has 1 aromatic heterocycles. The first kappa shape index (κ1) is 16.2. The quantitative estimate of drug-likeness (QED) is 0.879. The number of halogens is 4. The fourth-order valence-electron chi connectivity index (χ4n) is 1.20. The minimum atomic E-state index is -4.52. The molecule has 0 saturated carbocycles. The molecule has 0 fully saturated rings. The van der Waals surface area contributed by atoms with Crippen LogP contribution in [0.4, 0.5) is 19.0 Å². The summed E-state index contributed by atoms with van der Waals surface area (Å²) in [5, 5.41) is 12.6. The van der Waals surface area contributed by atoms with E-state index >= 15 is 0 Å². The highest BCUT2D eigenvalue weighted by molar-refractivity contribution is 9.10.